The molecule has 0 radical (unpaired) electrons. The Bertz CT molecular complexity index is 79.0. The summed E-state index contributed by atoms with van der Waals surface area (Å²) in [5.41, 5.74) is 0. The molecule has 0 rings (SSSR count). The second-order valence-corrected chi connectivity index (χ2v) is 3.00. The molecule has 0 heterocycles. The number of hydrogen-bond acceptors (Lipinski definition) is 1. The molecule has 0 aliphatic heterocycles. The van der Waals surface area contributed by atoms with Gasteiger partial charge in [0.25, 0.3) is 0 Å². The zero-order valence-electron chi connectivity index (χ0n) is 6.59. The fraction of sp³-hybridized carbons (Fsp3) is 1.00. The van der Waals surface area contributed by atoms with Crippen LogP contribution in [0.25, 0.3) is 0 Å². The molecule has 0 spiro atoms. The SMILES string of the molecule is CC(C)C[P+](=O)O.[H-].[Na+]. The van der Waals surface area contributed by atoms with Crippen LogP contribution in [0, 0.1) is 5.92 Å². The molecule has 0 amide bonds. The molecule has 0 aliphatic rings. The fourth-order valence-electron chi connectivity index (χ4n) is 0.312. The van der Waals surface area contributed by atoms with Crippen LogP contribution in [-0.2, 0) is 4.57 Å². The van der Waals surface area contributed by atoms with Crippen LogP contribution >= 0.6 is 8.03 Å². The molecule has 4 heteroatoms. The summed E-state index contributed by atoms with van der Waals surface area (Å²) in [6, 6.07) is 0. The van der Waals surface area contributed by atoms with Crippen molar-refractivity contribution in [1.29, 1.82) is 0 Å². The molecule has 0 aromatic heterocycles. The van der Waals surface area contributed by atoms with Crippen molar-refractivity contribution in [2.45, 2.75) is 13.8 Å². The van der Waals surface area contributed by atoms with Crippen LogP contribution in [0.1, 0.15) is 15.3 Å². The van der Waals surface area contributed by atoms with E-state index in [9.17, 15) is 4.57 Å². The zero-order chi connectivity index (χ0) is 5.86. The summed E-state index contributed by atoms with van der Waals surface area (Å²) in [6.07, 6.45) is 0.426. The topological polar surface area (TPSA) is 37.3 Å². The number of rotatable bonds is 2. The van der Waals surface area contributed by atoms with Gasteiger partial charge in [-0.3, -0.25) is 0 Å². The van der Waals surface area contributed by atoms with E-state index < -0.39 is 8.03 Å². The van der Waals surface area contributed by atoms with Gasteiger partial charge in [0.05, 0.1) is 0 Å². The summed E-state index contributed by atoms with van der Waals surface area (Å²) in [4.78, 5) is 8.23. The Labute approximate surface area is 74.3 Å². The molecule has 0 saturated heterocycles. The van der Waals surface area contributed by atoms with Crippen molar-refractivity contribution in [1.82, 2.24) is 0 Å². The van der Waals surface area contributed by atoms with Gasteiger partial charge in [0.15, 0.2) is 6.16 Å². The Morgan fingerprint density at radius 1 is 1.75 bits per heavy atom. The summed E-state index contributed by atoms with van der Waals surface area (Å²) in [7, 11) is -1.89. The fourth-order valence-corrected chi connectivity index (χ4v) is 0.937. The zero-order valence-corrected chi connectivity index (χ0v) is 8.48. The van der Waals surface area contributed by atoms with Gasteiger partial charge in [-0.15, -0.1) is 0 Å². The molecule has 0 aromatic rings. The average molecular weight is 145 g/mol. The van der Waals surface area contributed by atoms with Crippen LogP contribution in [0.5, 0.6) is 0 Å². The Hall–Kier alpha value is 1.06. The van der Waals surface area contributed by atoms with Gasteiger partial charge in [0.1, 0.15) is 0 Å². The molecule has 2 nitrogen and oxygen atoms in total. The first-order valence-electron chi connectivity index (χ1n) is 2.26. The smallest absolute Gasteiger partial charge is 1.00 e. The number of hydrogen-bond donors (Lipinski definition) is 1. The summed E-state index contributed by atoms with van der Waals surface area (Å²) >= 11 is 0. The Morgan fingerprint density at radius 3 is 2.12 bits per heavy atom. The molecule has 0 bridgehead atoms. The van der Waals surface area contributed by atoms with Crippen molar-refractivity contribution in [2.24, 2.45) is 5.92 Å². The normalized spacial score (nSPS) is 10.8. The van der Waals surface area contributed by atoms with E-state index in [0.717, 1.165) is 0 Å². The Kier molecular flexibility index (Phi) is 9.13. The van der Waals surface area contributed by atoms with E-state index >= 15 is 0 Å². The molecular weight excluding hydrogens is 134 g/mol. The van der Waals surface area contributed by atoms with Crippen molar-refractivity contribution in [3.05, 3.63) is 0 Å². The molecule has 1 unspecified atom stereocenters. The second kappa shape index (κ2) is 6.18. The molecule has 1 atom stereocenters. The quantitative estimate of drug-likeness (QED) is 0.379. The Balaban J connectivity index is -0.000000180. The molecule has 1 N–H and O–H groups in total. The van der Waals surface area contributed by atoms with Crippen LogP contribution in [0.2, 0.25) is 0 Å². The van der Waals surface area contributed by atoms with E-state index in [1.807, 2.05) is 13.8 Å². The maximum atomic E-state index is 9.96. The van der Waals surface area contributed by atoms with Gasteiger partial charge in [-0.25, -0.2) is 0 Å². The Morgan fingerprint density at radius 2 is 2.12 bits per heavy atom. The van der Waals surface area contributed by atoms with Crippen LogP contribution in [0.15, 0.2) is 0 Å². The minimum atomic E-state index is -1.89. The largest absolute Gasteiger partial charge is 1.00 e. The van der Waals surface area contributed by atoms with Crippen LogP contribution in [0.3, 0.4) is 0 Å². The second-order valence-electron chi connectivity index (χ2n) is 1.93. The van der Waals surface area contributed by atoms with Gasteiger partial charge in [-0.2, -0.15) is 4.89 Å². The van der Waals surface area contributed by atoms with E-state index in [1.54, 1.807) is 0 Å². The van der Waals surface area contributed by atoms with Gasteiger partial charge >= 0.3 is 37.6 Å². The van der Waals surface area contributed by atoms with E-state index in [2.05, 4.69) is 0 Å². The summed E-state index contributed by atoms with van der Waals surface area (Å²) in [5.74, 6) is 0.341. The van der Waals surface area contributed by atoms with Crippen molar-refractivity contribution in [2.75, 3.05) is 6.16 Å². The molecule has 0 fully saturated rings. The third kappa shape index (κ3) is 10.1. The molecule has 0 aliphatic carbocycles. The maximum Gasteiger partial charge on any atom is 1.00 e. The minimum Gasteiger partial charge on any atom is -1.00 e. The van der Waals surface area contributed by atoms with E-state index in [0.29, 0.717) is 12.1 Å². The van der Waals surface area contributed by atoms with Crippen LogP contribution < -0.4 is 29.6 Å². The van der Waals surface area contributed by atoms with Crippen LogP contribution in [-0.4, -0.2) is 11.1 Å². The summed E-state index contributed by atoms with van der Waals surface area (Å²) in [5, 5.41) is 0. The average Bonchev–Trinajstić information content (AvgIpc) is 1.27. The molecule has 0 aromatic carbocycles. The van der Waals surface area contributed by atoms with E-state index in [-0.39, 0.29) is 31.0 Å². The molecular formula is C4H11NaO2P+. The summed E-state index contributed by atoms with van der Waals surface area (Å²) in [6.45, 7) is 3.84. The third-order valence-corrected chi connectivity index (χ3v) is 1.56. The maximum absolute atomic E-state index is 9.96. The van der Waals surface area contributed by atoms with Gasteiger partial charge in [-0.05, 0) is 4.57 Å². The van der Waals surface area contributed by atoms with Crippen LogP contribution in [0.4, 0.5) is 0 Å². The van der Waals surface area contributed by atoms with Crippen molar-refractivity contribution in [3.8, 4) is 0 Å². The van der Waals surface area contributed by atoms with Crippen molar-refractivity contribution in [3.63, 3.8) is 0 Å². The first-order valence-corrected chi connectivity index (χ1v) is 3.66. The standard InChI is InChI=1S/C4H9O2P.Na.H/c1-4(2)3-7(5)6;;/h4H,3H2,1-2H3;;/q;+1;-1/p+1. The van der Waals surface area contributed by atoms with Crippen molar-refractivity contribution >= 4 is 8.03 Å². The van der Waals surface area contributed by atoms with Gasteiger partial charge < -0.3 is 1.43 Å². The first-order chi connectivity index (χ1) is 3.13. The van der Waals surface area contributed by atoms with Gasteiger partial charge in [0, 0.05) is 5.92 Å². The van der Waals surface area contributed by atoms with E-state index in [1.165, 1.54) is 0 Å². The molecule has 0 saturated carbocycles. The predicted octanol–water partition coefficient (Wildman–Crippen LogP) is -1.51. The first kappa shape index (κ1) is 11.8. The van der Waals surface area contributed by atoms with Crippen molar-refractivity contribution < 1.29 is 40.4 Å². The minimum absolute atomic E-state index is 0. The molecule has 8 heavy (non-hydrogen) atoms. The predicted molar refractivity (Wildman–Crippen MR) is 30.6 cm³/mol. The molecule has 44 valence electrons. The summed E-state index contributed by atoms with van der Waals surface area (Å²) < 4.78 is 9.96. The van der Waals surface area contributed by atoms with Gasteiger partial charge in [-0.1, -0.05) is 13.8 Å². The van der Waals surface area contributed by atoms with Gasteiger partial charge in [0.2, 0.25) is 0 Å². The monoisotopic (exact) mass is 145 g/mol. The third-order valence-electron chi connectivity index (χ3n) is 0.521. The van der Waals surface area contributed by atoms with E-state index in [4.69, 9.17) is 4.89 Å².